The van der Waals surface area contributed by atoms with E-state index in [0.717, 1.165) is 6.42 Å². The van der Waals surface area contributed by atoms with E-state index in [1.807, 2.05) is 26.8 Å². The molecular weight excluding hydrogens is 230 g/mol. The summed E-state index contributed by atoms with van der Waals surface area (Å²) >= 11 is 0. The molecule has 0 bridgehead atoms. The molecule has 0 aromatic heterocycles. The van der Waals surface area contributed by atoms with Crippen LogP contribution in [0.25, 0.3) is 0 Å². The number of carbonyl (C=O) groups is 1. The minimum absolute atomic E-state index is 0.263. The average molecular weight is 255 g/mol. The van der Waals surface area contributed by atoms with Crippen LogP contribution in [0, 0.1) is 0 Å². The maximum absolute atomic E-state index is 11.8. The molecule has 1 heterocycles. The molecule has 0 saturated carbocycles. The maximum atomic E-state index is 11.8. The Kier molecular flexibility index (Phi) is 4.43. The second-order valence-corrected chi connectivity index (χ2v) is 6.53. The van der Waals surface area contributed by atoms with Crippen molar-refractivity contribution in [1.82, 2.24) is 4.90 Å². The standard InChI is InChI=1S/C14H25NO3/c1-13(2,3)18-12(16)15-8-6-11(7-9-15)10-14(4,5)17/h6,17H,7-10H2,1-5H3. The lowest BCUT2D eigenvalue weighted by Crippen LogP contribution is -2.39. The van der Waals surface area contributed by atoms with Gasteiger partial charge in [0.25, 0.3) is 0 Å². The van der Waals surface area contributed by atoms with Crippen molar-refractivity contribution in [3.63, 3.8) is 0 Å². The third-order valence-electron chi connectivity index (χ3n) is 2.61. The molecule has 1 rings (SSSR count). The molecule has 1 aliphatic heterocycles. The normalized spacial score (nSPS) is 17.4. The van der Waals surface area contributed by atoms with Crippen molar-refractivity contribution in [2.24, 2.45) is 0 Å². The Morgan fingerprint density at radius 1 is 1.39 bits per heavy atom. The smallest absolute Gasteiger partial charge is 0.410 e. The van der Waals surface area contributed by atoms with Crippen molar-refractivity contribution in [2.75, 3.05) is 13.1 Å². The van der Waals surface area contributed by atoms with Crippen LogP contribution in [0.1, 0.15) is 47.5 Å². The molecule has 0 aliphatic carbocycles. The van der Waals surface area contributed by atoms with Gasteiger partial charge in [-0.25, -0.2) is 4.79 Å². The first-order chi connectivity index (χ1) is 8.07. The minimum atomic E-state index is -0.681. The van der Waals surface area contributed by atoms with Crippen molar-refractivity contribution in [3.8, 4) is 0 Å². The summed E-state index contributed by atoms with van der Waals surface area (Å²) in [4.78, 5) is 13.5. The van der Waals surface area contributed by atoms with E-state index in [2.05, 4.69) is 0 Å². The summed E-state index contributed by atoms with van der Waals surface area (Å²) in [6.45, 7) is 10.4. The summed E-state index contributed by atoms with van der Waals surface area (Å²) in [5, 5.41) is 9.75. The summed E-state index contributed by atoms with van der Waals surface area (Å²) < 4.78 is 5.32. The molecule has 104 valence electrons. The Morgan fingerprint density at radius 2 is 2.00 bits per heavy atom. The lowest BCUT2D eigenvalue weighted by Gasteiger charge is -2.30. The second kappa shape index (κ2) is 5.31. The highest BCUT2D eigenvalue weighted by Crippen LogP contribution is 2.22. The molecule has 0 aromatic rings. The van der Waals surface area contributed by atoms with E-state index in [4.69, 9.17) is 4.74 Å². The Labute approximate surface area is 110 Å². The predicted octanol–water partition coefficient (Wildman–Crippen LogP) is 2.71. The van der Waals surface area contributed by atoms with E-state index in [0.29, 0.717) is 19.5 Å². The van der Waals surface area contributed by atoms with E-state index >= 15 is 0 Å². The van der Waals surface area contributed by atoms with Crippen molar-refractivity contribution in [1.29, 1.82) is 0 Å². The monoisotopic (exact) mass is 255 g/mol. The van der Waals surface area contributed by atoms with Crippen LogP contribution < -0.4 is 0 Å². The van der Waals surface area contributed by atoms with Gasteiger partial charge in [-0.15, -0.1) is 0 Å². The quantitative estimate of drug-likeness (QED) is 0.772. The summed E-state index contributed by atoms with van der Waals surface area (Å²) in [5.41, 5.74) is 0.0796. The average Bonchev–Trinajstić information content (AvgIpc) is 2.13. The molecule has 1 aliphatic rings. The second-order valence-electron chi connectivity index (χ2n) is 6.53. The lowest BCUT2D eigenvalue weighted by atomic mass is 9.94. The molecule has 0 atom stereocenters. The molecule has 4 heteroatoms. The van der Waals surface area contributed by atoms with Crippen LogP contribution in [-0.4, -0.2) is 40.4 Å². The first kappa shape index (κ1) is 15.0. The van der Waals surface area contributed by atoms with Gasteiger partial charge in [0.1, 0.15) is 5.60 Å². The fourth-order valence-electron chi connectivity index (χ4n) is 1.92. The van der Waals surface area contributed by atoms with Crippen LogP contribution in [0.3, 0.4) is 0 Å². The highest BCUT2D eigenvalue weighted by atomic mass is 16.6. The molecule has 0 unspecified atom stereocenters. The van der Waals surface area contributed by atoms with Gasteiger partial charge in [-0.2, -0.15) is 0 Å². The zero-order chi connectivity index (χ0) is 14.0. The number of rotatable bonds is 2. The summed E-state index contributed by atoms with van der Waals surface area (Å²) in [6.07, 6.45) is 3.23. The molecule has 1 N–H and O–H groups in total. The first-order valence-corrected chi connectivity index (χ1v) is 6.45. The van der Waals surface area contributed by atoms with Crippen LogP contribution in [0.4, 0.5) is 4.79 Å². The topological polar surface area (TPSA) is 49.8 Å². The van der Waals surface area contributed by atoms with E-state index in [9.17, 15) is 9.90 Å². The SMILES string of the molecule is CC(C)(O)CC1=CCN(C(=O)OC(C)(C)C)CC1. The number of amides is 1. The van der Waals surface area contributed by atoms with Crippen LogP contribution in [0.15, 0.2) is 11.6 Å². The molecule has 0 aromatic carbocycles. The molecule has 0 saturated heterocycles. The molecule has 4 nitrogen and oxygen atoms in total. The van der Waals surface area contributed by atoms with Crippen molar-refractivity contribution in [2.45, 2.75) is 58.7 Å². The number of hydrogen-bond donors (Lipinski definition) is 1. The zero-order valence-electron chi connectivity index (χ0n) is 12.1. The van der Waals surface area contributed by atoms with Crippen LogP contribution in [0.2, 0.25) is 0 Å². The van der Waals surface area contributed by atoms with Gasteiger partial charge >= 0.3 is 6.09 Å². The van der Waals surface area contributed by atoms with Crippen LogP contribution in [-0.2, 0) is 4.74 Å². The molecular formula is C14H25NO3. The van der Waals surface area contributed by atoms with Gasteiger partial charge in [-0.3, -0.25) is 0 Å². The zero-order valence-corrected chi connectivity index (χ0v) is 12.1. The molecule has 0 fully saturated rings. The van der Waals surface area contributed by atoms with Gasteiger partial charge in [-0.05, 0) is 47.5 Å². The van der Waals surface area contributed by atoms with Crippen molar-refractivity contribution in [3.05, 3.63) is 11.6 Å². The van der Waals surface area contributed by atoms with E-state index < -0.39 is 11.2 Å². The lowest BCUT2D eigenvalue weighted by molar-refractivity contribution is 0.0261. The number of carbonyl (C=O) groups excluding carboxylic acids is 1. The van der Waals surface area contributed by atoms with Gasteiger partial charge < -0.3 is 14.7 Å². The predicted molar refractivity (Wildman–Crippen MR) is 71.4 cm³/mol. The third kappa shape index (κ3) is 5.54. The highest BCUT2D eigenvalue weighted by Gasteiger charge is 2.25. The summed E-state index contributed by atoms with van der Waals surface area (Å²) in [6, 6.07) is 0. The Morgan fingerprint density at radius 3 is 2.39 bits per heavy atom. The van der Waals surface area contributed by atoms with Crippen LogP contribution >= 0.6 is 0 Å². The largest absolute Gasteiger partial charge is 0.444 e. The Balaban J connectivity index is 2.50. The molecule has 0 spiro atoms. The van der Waals surface area contributed by atoms with Crippen LogP contribution in [0.5, 0.6) is 0 Å². The fraction of sp³-hybridized carbons (Fsp3) is 0.786. The maximum Gasteiger partial charge on any atom is 0.410 e. The highest BCUT2D eigenvalue weighted by molar-refractivity contribution is 5.68. The number of hydrogen-bond acceptors (Lipinski definition) is 3. The van der Waals surface area contributed by atoms with E-state index in [1.54, 1.807) is 18.7 Å². The molecule has 18 heavy (non-hydrogen) atoms. The fourth-order valence-corrected chi connectivity index (χ4v) is 1.92. The molecule has 0 radical (unpaired) electrons. The summed E-state index contributed by atoms with van der Waals surface area (Å²) in [7, 11) is 0. The summed E-state index contributed by atoms with van der Waals surface area (Å²) in [5.74, 6) is 0. The van der Waals surface area contributed by atoms with Gasteiger partial charge in [0.05, 0.1) is 5.60 Å². The Hall–Kier alpha value is -1.03. The van der Waals surface area contributed by atoms with Crippen molar-refractivity contribution < 1.29 is 14.6 Å². The van der Waals surface area contributed by atoms with Gasteiger partial charge in [0, 0.05) is 13.1 Å². The van der Waals surface area contributed by atoms with Gasteiger partial charge in [-0.1, -0.05) is 11.6 Å². The van der Waals surface area contributed by atoms with E-state index in [1.165, 1.54) is 5.57 Å². The first-order valence-electron chi connectivity index (χ1n) is 6.45. The third-order valence-corrected chi connectivity index (χ3v) is 2.61. The van der Waals surface area contributed by atoms with Gasteiger partial charge in [0.2, 0.25) is 0 Å². The Bertz CT molecular complexity index is 334. The number of ether oxygens (including phenoxy) is 1. The molecule has 1 amide bonds. The number of aliphatic hydroxyl groups is 1. The number of nitrogens with zero attached hydrogens (tertiary/aromatic N) is 1. The van der Waals surface area contributed by atoms with Crippen molar-refractivity contribution >= 4 is 6.09 Å². The van der Waals surface area contributed by atoms with Gasteiger partial charge in [0.15, 0.2) is 0 Å². The van der Waals surface area contributed by atoms with E-state index in [-0.39, 0.29) is 6.09 Å². The minimum Gasteiger partial charge on any atom is -0.444 e.